The van der Waals surface area contributed by atoms with Crippen molar-refractivity contribution in [2.75, 3.05) is 7.05 Å². The van der Waals surface area contributed by atoms with E-state index in [0.717, 1.165) is 12.3 Å². The summed E-state index contributed by atoms with van der Waals surface area (Å²) in [6.45, 7) is 10.2. The first kappa shape index (κ1) is 29.0. The number of aryl methyl sites for hydroxylation is 1. The lowest BCUT2D eigenvalue weighted by Crippen LogP contribution is -2.34. The second-order valence-corrected chi connectivity index (χ2v) is 9.81. The molecule has 3 heterocycles. The highest BCUT2D eigenvalue weighted by Gasteiger charge is 2.22. The Morgan fingerprint density at radius 2 is 1.97 bits per heavy atom. The Hall–Kier alpha value is -3.53. The van der Waals surface area contributed by atoms with Crippen LogP contribution in [0.1, 0.15) is 37.7 Å². The van der Waals surface area contributed by atoms with Crippen LogP contribution in [0.4, 0.5) is 4.39 Å². The van der Waals surface area contributed by atoms with Gasteiger partial charge in [-0.2, -0.15) is 0 Å². The Balaban J connectivity index is 2.08. The fourth-order valence-electron chi connectivity index (χ4n) is 3.66. The Morgan fingerprint density at radius 1 is 1.29 bits per heavy atom. The summed E-state index contributed by atoms with van der Waals surface area (Å²) < 4.78 is 21.6. The molecule has 0 amide bonds. The van der Waals surface area contributed by atoms with Crippen LogP contribution in [0.15, 0.2) is 69.5 Å². The standard InChI is InChI=1S/C27H27Cl2FN4O4/c1-15(2)21(12-23(31-6)33-9-7-8-18(25(33)35)27(4,5)37)34-16(3)10-22(24(29)26(34)36)38-14-20-19(28)11-17(30)13-32-20/h7-13,37H,1,14H2,2-6H3/b21-12+,31-23+. The number of allylic oxidation sites excluding steroid dienone is 3. The normalized spacial score (nSPS) is 12.6. The van der Waals surface area contributed by atoms with Gasteiger partial charge in [0.2, 0.25) is 0 Å². The van der Waals surface area contributed by atoms with Crippen LogP contribution in [-0.2, 0) is 12.2 Å². The summed E-state index contributed by atoms with van der Waals surface area (Å²) in [4.78, 5) is 34.6. The highest BCUT2D eigenvalue weighted by Crippen LogP contribution is 2.27. The molecule has 0 aliphatic heterocycles. The van der Waals surface area contributed by atoms with Gasteiger partial charge < -0.3 is 9.84 Å². The van der Waals surface area contributed by atoms with Crippen LogP contribution >= 0.6 is 23.2 Å². The van der Waals surface area contributed by atoms with Crippen molar-refractivity contribution >= 4 is 34.7 Å². The maximum absolute atomic E-state index is 13.4. The molecule has 11 heteroatoms. The molecule has 0 saturated carbocycles. The maximum atomic E-state index is 13.4. The van der Waals surface area contributed by atoms with Gasteiger partial charge in [-0.15, -0.1) is 0 Å². The van der Waals surface area contributed by atoms with Gasteiger partial charge in [0.25, 0.3) is 11.1 Å². The average molecular weight is 561 g/mol. The first-order chi connectivity index (χ1) is 17.8. The molecule has 38 heavy (non-hydrogen) atoms. The van der Waals surface area contributed by atoms with Crippen LogP contribution in [-0.4, -0.2) is 32.1 Å². The fourth-order valence-corrected chi connectivity index (χ4v) is 4.07. The molecule has 0 aromatic carbocycles. The van der Waals surface area contributed by atoms with Crippen LogP contribution in [0.5, 0.6) is 5.75 Å². The molecular weight excluding hydrogens is 534 g/mol. The van der Waals surface area contributed by atoms with Crippen molar-refractivity contribution in [3.8, 4) is 5.75 Å². The third kappa shape index (κ3) is 6.12. The third-order valence-corrected chi connectivity index (χ3v) is 6.25. The summed E-state index contributed by atoms with van der Waals surface area (Å²) in [6, 6.07) is 5.83. The Kier molecular flexibility index (Phi) is 8.76. The second-order valence-electron chi connectivity index (χ2n) is 9.02. The van der Waals surface area contributed by atoms with E-state index in [0.29, 0.717) is 17.0 Å². The molecule has 0 bridgehead atoms. The quantitative estimate of drug-likeness (QED) is 0.250. The highest BCUT2D eigenvalue weighted by molar-refractivity contribution is 6.32. The SMILES string of the molecule is C=C(C)/C(=C\C(=N/C)n1cccc(C(C)(C)O)c1=O)n1c(C)cc(OCc2ncc(F)cc2Cl)c(Cl)c1=O. The van der Waals surface area contributed by atoms with E-state index in [-0.39, 0.29) is 39.5 Å². The van der Waals surface area contributed by atoms with E-state index in [9.17, 15) is 19.1 Å². The number of aromatic nitrogens is 3. The number of hydrogen-bond donors (Lipinski definition) is 1. The van der Waals surface area contributed by atoms with E-state index in [1.54, 1.807) is 26.0 Å². The van der Waals surface area contributed by atoms with E-state index in [1.807, 2.05) is 0 Å². The zero-order chi connectivity index (χ0) is 28.4. The van der Waals surface area contributed by atoms with E-state index < -0.39 is 22.5 Å². The lowest BCUT2D eigenvalue weighted by molar-refractivity contribution is 0.0768. The topological polar surface area (TPSA) is 98.7 Å². The summed E-state index contributed by atoms with van der Waals surface area (Å²) in [5.74, 6) is -0.288. The maximum Gasteiger partial charge on any atom is 0.277 e. The average Bonchev–Trinajstić information content (AvgIpc) is 2.83. The van der Waals surface area contributed by atoms with Gasteiger partial charge in [-0.05, 0) is 51.5 Å². The van der Waals surface area contributed by atoms with Gasteiger partial charge in [-0.3, -0.25) is 28.7 Å². The zero-order valence-corrected chi connectivity index (χ0v) is 23.1. The van der Waals surface area contributed by atoms with Crippen molar-refractivity contribution in [3.05, 3.63) is 108 Å². The van der Waals surface area contributed by atoms with Gasteiger partial charge in [0.15, 0.2) is 0 Å². The monoisotopic (exact) mass is 560 g/mol. The number of aliphatic hydroxyl groups is 1. The number of rotatable bonds is 7. The number of aliphatic imine (C=N–C) groups is 1. The first-order valence-corrected chi connectivity index (χ1v) is 12.2. The molecule has 8 nitrogen and oxygen atoms in total. The van der Waals surface area contributed by atoms with Gasteiger partial charge in [-0.1, -0.05) is 29.8 Å². The lowest BCUT2D eigenvalue weighted by atomic mass is 10.0. The summed E-state index contributed by atoms with van der Waals surface area (Å²) in [6.07, 6.45) is 4.06. The van der Waals surface area contributed by atoms with Gasteiger partial charge in [0.05, 0.1) is 28.2 Å². The molecule has 200 valence electrons. The van der Waals surface area contributed by atoms with Crippen molar-refractivity contribution in [1.82, 2.24) is 14.1 Å². The molecule has 0 radical (unpaired) electrons. The molecule has 0 aliphatic carbocycles. The molecule has 3 aromatic heterocycles. The Bertz CT molecular complexity index is 1580. The van der Waals surface area contributed by atoms with E-state index in [4.69, 9.17) is 27.9 Å². The van der Waals surface area contributed by atoms with Crippen molar-refractivity contribution in [2.24, 2.45) is 4.99 Å². The fraction of sp³-hybridized carbons (Fsp3) is 0.259. The predicted molar refractivity (Wildman–Crippen MR) is 148 cm³/mol. The molecule has 0 unspecified atom stereocenters. The van der Waals surface area contributed by atoms with Gasteiger partial charge in [0.1, 0.15) is 29.0 Å². The van der Waals surface area contributed by atoms with Crippen LogP contribution < -0.4 is 15.9 Å². The minimum absolute atomic E-state index is 0.0777. The van der Waals surface area contributed by atoms with Gasteiger partial charge in [0, 0.05) is 36.6 Å². The van der Waals surface area contributed by atoms with Gasteiger partial charge >= 0.3 is 0 Å². The second kappa shape index (κ2) is 11.5. The molecule has 3 aromatic rings. The van der Waals surface area contributed by atoms with Crippen LogP contribution in [0.2, 0.25) is 10.0 Å². The molecule has 1 N–H and O–H groups in total. The molecular formula is C27H27Cl2FN4O4. The molecule has 3 rings (SSSR count). The number of nitrogens with zero attached hydrogens (tertiary/aromatic N) is 4. The van der Waals surface area contributed by atoms with Crippen LogP contribution in [0.3, 0.4) is 0 Å². The van der Waals surface area contributed by atoms with Crippen molar-refractivity contribution in [2.45, 2.75) is 39.9 Å². The van der Waals surface area contributed by atoms with E-state index in [1.165, 1.54) is 48.4 Å². The summed E-state index contributed by atoms with van der Waals surface area (Å²) >= 11 is 12.4. The van der Waals surface area contributed by atoms with E-state index >= 15 is 0 Å². The van der Waals surface area contributed by atoms with Crippen molar-refractivity contribution in [1.29, 1.82) is 0 Å². The largest absolute Gasteiger partial charge is 0.485 e. The van der Waals surface area contributed by atoms with Crippen LogP contribution in [0, 0.1) is 12.7 Å². The zero-order valence-electron chi connectivity index (χ0n) is 21.6. The molecule has 0 spiro atoms. The number of hydrogen-bond acceptors (Lipinski definition) is 6. The first-order valence-electron chi connectivity index (χ1n) is 11.4. The number of pyridine rings is 3. The summed E-state index contributed by atoms with van der Waals surface area (Å²) in [5, 5.41) is 10.3. The minimum atomic E-state index is -1.37. The highest BCUT2D eigenvalue weighted by atomic mass is 35.5. The summed E-state index contributed by atoms with van der Waals surface area (Å²) in [5.41, 5.74) is -0.685. The smallest absolute Gasteiger partial charge is 0.277 e. The van der Waals surface area contributed by atoms with Gasteiger partial charge in [-0.25, -0.2) is 4.39 Å². The predicted octanol–water partition coefficient (Wildman–Crippen LogP) is 4.96. The Morgan fingerprint density at radius 3 is 2.55 bits per heavy atom. The minimum Gasteiger partial charge on any atom is -0.485 e. The number of halogens is 3. The Labute approximate surface area is 229 Å². The lowest BCUT2D eigenvalue weighted by Gasteiger charge is -2.19. The van der Waals surface area contributed by atoms with E-state index in [2.05, 4.69) is 16.6 Å². The van der Waals surface area contributed by atoms with Crippen molar-refractivity contribution in [3.63, 3.8) is 0 Å². The molecule has 0 saturated heterocycles. The molecule has 0 fully saturated rings. The number of ether oxygens (including phenoxy) is 1. The summed E-state index contributed by atoms with van der Waals surface area (Å²) in [7, 11) is 1.50. The molecule has 0 atom stereocenters. The van der Waals surface area contributed by atoms with Crippen molar-refractivity contribution < 1.29 is 14.2 Å². The third-order valence-electron chi connectivity index (χ3n) is 5.57. The van der Waals surface area contributed by atoms with Crippen LogP contribution in [0.25, 0.3) is 5.70 Å². The molecule has 0 aliphatic rings.